The average Bonchev–Trinajstić information content (AvgIpc) is 2.72. The third kappa shape index (κ3) is 2.78. The van der Waals surface area contributed by atoms with Gasteiger partial charge in [0, 0.05) is 11.5 Å². The summed E-state index contributed by atoms with van der Waals surface area (Å²) in [6.07, 6.45) is 3.59. The van der Waals surface area contributed by atoms with E-state index in [9.17, 15) is 14.7 Å². The van der Waals surface area contributed by atoms with E-state index in [1.54, 1.807) is 24.1 Å². The van der Waals surface area contributed by atoms with Crippen LogP contribution in [0.15, 0.2) is 28.7 Å². The van der Waals surface area contributed by atoms with Crippen LogP contribution in [0.5, 0.6) is 0 Å². The first-order valence-electron chi connectivity index (χ1n) is 7.99. The van der Waals surface area contributed by atoms with Crippen LogP contribution in [0.4, 0.5) is 4.79 Å². The number of nitrogens with zero attached hydrogens (tertiary/aromatic N) is 2. The number of hydrogen-bond donors (Lipinski definition) is 1. The molecule has 1 spiro atoms. The Bertz CT molecular complexity index is 628. The number of β-amino-alcohol motifs (C(OH)–C–C–N with tert-alkyl or cyclic N) is 1. The van der Waals surface area contributed by atoms with Gasteiger partial charge in [-0.2, -0.15) is 0 Å². The summed E-state index contributed by atoms with van der Waals surface area (Å²) in [5.74, 6) is -0.154. The molecule has 6 heteroatoms. The van der Waals surface area contributed by atoms with Gasteiger partial charge in [0.1, 0.15) is 5.54 Å². The Labute approximate surface area is 144 Å². The molecule has 0 unspecified atom stereocenters. The van der Waals surface area contributed by atoms with Crippen LogP contribution in [0.1, 0.15) is 43.8 Å². The van der Waals surface area contributed by atoms with Crippen molar-refractivity contribution in [2.45, 2.75) is 43.7 Å². The smallest absolute Gasteiger partial charge is 0.327 e. The van der Waals surface area contributed by atoms with Crippen LogP contribution in [-0.4, -0.2) is 46.0 Å². The van der Waals surface area contributed by atoms with Crippen molar-refractivity contribution in [3.05, 3.63) is 34.3 Å². The normalized spacial score (nSPS) is 22.0. The van der Waals surface area contributed by atoms with Crippen LogP contribution in [-0.2, 0) is 4.79 Å². The lowest BCUT2D eigenvalue weighted by molar-refractivity contribution is -0.135. The maximum atomic E-state index is 12.9. The summed E-state index contributed by atoms with van der Waals surface area (Å²) < 4.78 is 0.856. The Morgan fingerprint density at radius 1 is 1.26 bits per heavy atom. The van der Waals surface area contributed by atoms with Crippen molar-refractivity contribution in [2.24, 2.45) is 0 Å². The zero-order valence-corrected chi connectivity index (χ0v) is 14.8. The summed E-state index contributed by atoms with van der Waals surface area (Å²) in [4.78, 5) is 28.2. The molecule has 1 aliphatic carbocycles. The Balaban J connectivity index is 1.80. The number of carbonyl (C=O) groups is 2. The second-order valence-corrected chi connectivity index (χ2v) is 7.34. The van der Waals surface area contributed by atoms with E-state index < -0.39 is 11.6 Å². The Hall–Kier alpha value is -1.40. The highest BCUT2D eigenvalue weighted by Crippen LogP contribution is 2.40. The number of hydrogen-bond acceptors (Lipinski definition) is 3. The predicted molar refractivity (Wildman–Crippen MR) is 89.8 cm³/mol. The van der Waals surface area contributed by atoms with Crippen LogP contribution in [0.25, 0.3) is 0 Å². The predicted octanol–water partition coefficient (Wildman–Crippen LogP) is 3.08. The highest BCUT2D eigenvalue weighted by atomic mass is 79.9. The number of aliphatic hydroxyl groups is 1. The van der Waals surface area contributed by atoms with E-state index in [-0.39, 0.29) is 18.5 Å². The van der Waals surface area contributed by atoms with Gasteiger partial charge in [0.15, 0.2) is 0 Å². The first kappa shape index (κ1) is 16.5. The zero-order valence-electron chi connectivity index (χ0n) is 13.2. The summed E-state index contributed by atoms with van der Waals surface area (Å²) in [5, 5.41) is 10.4. The van der Waals surface area contributed by atoms with Crippen molar-refractivity contribution in [3.63, 3.8) is 0 Å². The molecule has 0 bridgehead atoms. The van der Waals surface area contributed by atoms with Crippen molar-refractivity contribution < 1.29 is 14.7 Å². The number of amides is 3. The van der Waals surface area contributed by atoms with Crippen LogP contribution < -0.4 is 0 Å². The summed E-state index contributed by atoms with van der Waals surface area (Å²) >= 11 is 3.37. The molecule has 1 heterocycles. The van der Waals surface area contributed by atoms with E-state index >= 15 is 0 Å². The topological polar surface area (TPSA) is 60.9 Å². The molecule has 124 valence electrons. The van der Waals surface area contributed by atoms with Gasteiger partial charge in [-0.1, -0.05) is 47.3 Å². The number of imide groups is 1. The second kappa shape index (κ2) is 6.24. The van der Waals surface area contributed by atoms with Crippen LogP contribution in [0, 0.1) is 0 Å². The van der Waals surface area contributed by atoms with E-state index in [0.717, 1.165) is 36.6 Å². The van der Waals surface area contributed by atoms with Crippen LogP contribution >= 0.6 is 15.9 Å². The molecule has 1 aromatic rings. The number of rotatable bonds is 3. The maximum absolute atomic E-state index is 12.9. The molecule has 3 amide bonds. The van der Waals surface area contributed by atoms with Crippen molar-refractivity contribution in [1.82, 2.24) is 9.80 Å². The van der Waals surface area contributed by atoms with Crippen LogP contribution in [0.3, 0.4) is 0 Å². The van der Waals surface area contributed by atoms with E-state index in [4.69, 9.17) is 0 Å². The van der Waals surface area contributed by atoms with Crippen LogP contribution in [0.2, 0.25) is 0 Å². The molecule has 5 nitrogen and oxygen atoms in total. The minimum atomic E-state index is -0.882. The molecule has 1 aliphatic heterocycles. The average molecular weight is 381 g/mol. The Kier molecular flexibility index (Phi) is 4.47. The summed E-state index contributed by atoms with van der Waals surface area (Å²) in [7, 11) is 1.71. The summed E-state index contributed by atoms with van der Waals surface area (Å²) in [6.45, 7) is 0.000208. The molecule has 23 heavy (non-hydrogen) atoms. The van der Waals surface area contributed by atoms with E-state index in [2.05, 4.69) is 15.9 Å². The molecular weight excluding hydrogens is 360 g/mol. The highest BCUT2D eigenvalue weighted by Gasteiger charge is 2.55. The van der Waals surface area contributed by atoms with Gasteiger partial charge in [-0.25, -0.2) is 4.79 Å². The molecule has 2 aliphatic rings. The molecule has 1 saturated heterocycles. The lowest BCUT2D eigenvalue weighted by Gasteiger charge is -2.35. The maximum Gasteiger partial charge on any atom is 0.327 e. The first-order valence-corrected chi connectivity index (χ1v) is 8.78. The molecule has 1 atom stereocenters. The highest BCUT2D eigenvalue weighted by molar-refractivity contribution is 9.10. The van der Waals surface area contributed by atoms with E-state index in [1.807, 2.05) is 12.1 Å². The van der Waals surface area contributed by atoms with Gasteiger partial charge < -0.3 is 10.0 Å². The number of aliphatic hydroxyl groups excluding tert-OH is 1. The number of carbonyl (C=O) groups excluding carboxylic acids is 2. The minimum Gasteiger partial charge on any atom is -0.387 e. The third-order valence-electron chi connectivity index (χ3n) is 5.07. The van der Waals surface area contributed by atoms with Gasteiger partial charge in [-0.05, 0) is 30.5 Å². The molecule has 0 radical (unpaired) electrons. The van der Waals surface area contributed by atoms with Crippen molar-refractivity contribution >= 4 is 27.9 Å². The monoisotopic (exact) mass is 380 g/mol. The van der Waals surface area contributed by atoms with Gasteiger partial charge in [-0.15, -0.1) is 0 Å². The Morgan fingerprint density at radius 3 is 2.61 bits per heavy atom. The van der Waals surface area contributed by atoms with Gasteiger partial charge in [0.2, 0.25) is 0 Å². The molecule has 0 aromatic heterocycles. The SMILES string of the molecule is CN1C(=O)N(C[C@H](O)c2cccc(Br)c2)C(=O)C12CCCCC2. The standard InChI is InChI=1S/C17H21BrN2O3/c1-19-16(23)20(15(22)17(19)8-3-2-4-9-17)11-14(21)12-6-5-7-13(18)10-12/h5-7,10,14,21H,2-4,8-9,11H2,1H3/t14-/m0/s1. The Morgan fingerprint density at radius 2 is 1.96 bits per heavy atom. The van der Waals surface area contributed by atoms with Gasteiger partial charge in [0.05, 0.1) is 12.6 Å². The van der Waals surface area contributed by atoms with Gasteiger partial charge in [-0.3, -0.25) is 9.69 Å². The molecule has 3 rings (SSSR count). The zero-order chi connectivity index (χ0) is 16.6. The fraction of sp³-hybridized carbons (Fsp3) is 0.529. The van der Waals surface area contributed by atoms with Crippen molar-refractivity contribution in [3.8, 4) is 0 Å². The lowest BCUT2D eigenvalue weighted by Crippen LogP contribution is -2.49. The summed E-state index contributed by atoms with van der Waals surface area (Å²) in [5.41, 5.74) is -0.000927. The fourth-order valence-electron chi connectivity index (χ4n) is 3.68. The second-order valence-electron chi connectivity index (χ2n) is 6.42. The number of benzene rings is 1. The summed E-state index contributed by atoms with van der Waals surface area (Å²) in [6, 6.07) is 6.99. The fourth-order valence-corrected chi connectivity index (χ4v) is 4.10. The number of halogens is 1. The molecule has 1 saturated carbocycles. The molecular formula is C17H21BrN2O3. The minimum absolute atomic E-state index is 0.000208. The largest absolute Gasteiger partial charge is 0.387 e. The number of likely N-dealkylation sites (N-methyl/N-ethyl adjacent to an activating group) is 1. The molecule has 1 aromatic carbocycles. The molecule has 1 N–H and O–H groups in total. The van der Waals surface area contributed by atoms with Gasteiger partial charge in [0.25, 0.3) is 5.91 Å². The number of urea groups is 1. The lowest BCUT2D eigenvalue weighted by atomic mass is 9.80. The first-order chi connectivity index (χ1) is 11.0. The quantitative estimate of drug-likeness (QED) is 0.819. The van der Waals surface area contributed by atoms with Crippen molar-refractivity contribution in [2.75, 3.05) is 13.6 Å². The third-order valence-corrected chi connectivity index (χ3v) is 5.57. The molecule has 2 fully saturated rings. The van der Waals surface area contributed by atoms with E-state index in [1.165, 1.54) is 4.90 Å². The van der Waals surface area contributed by atoms with Crippen molar-refractivity contribution in [1.29, 1.82) is 0 Å². The van der Waals surface area contributed by atoms with Gasteiger partial charge >= 0.3 is 6.03 Å². The van der Waals surface area contributed by atoms with E-state index in [0.29, 0.717) is 5.56 Å².